The first-order chi connectivity index (χ1) is 9.29. The molecule has 0 spiro atoms. The normalized spacial score (nSPS) is 14.8. The average molecular weight is 260 g/mol. The third-order valence-electron chi connectivity index (χ3n) is 4.10. The minimum atomic E-state index is 0.900. The Morgan fingerprint density at radius 2 is 1.63 bits per heavy atom. The van der Waals surface area contributed by atoms with Crippen molar-refractivity contribution in [1.29, 1.82) is 0 Å². The molecule has 0 aromatic heterocycles. The molecule has 2 heteroatoms. The Kier molecular flexibility index (Phi) is 5.71. The van der Waals surface area contributed by atoms with Gasteiger partial charge in [0.2, 0.25) is 0 Å². The van der Waals surface area contributed by atoms with Crippen molar-refractivity contribution in [2.24, 2.45) is 0 Å². The number of benzene rings is 1. The second kappa shape index (κ2) is 7.54. The van der Waals surface area contributed by atoms with Crippen molar-refractivity contribution in [2.45, 2.75) is 65.0 Å². The molecule has 106 valence electrons. The number of nitrogen functional groups attached to an aromatic ring is 1. The number of nitrogens with zero attached hydrogens (tertiary/aromatic N) is 1. The predicted octanol–water partition coefficient (Wildman–Crippen LogP) is 4.34. The van der Waals surface area contributed by atoms with E-state index in [2.05, 4.69) is 24.0 Å². The number of nitrogens with two attached hydrogens (primary N) is 1. The third kappa shape index (κ3) is 4.54. The van der Waals surface area contributed by atoms with Gasteiger partial charge in [0.15, 0.2) is 0 Å². The molecule has 0 amide bonds. The van der Waals surface area contributed by atoms with Crippen LogP contribution in [0.3, 0.4) is 0 Å². The van der Waals surface area contributed by atoms with Crippen molar-refractivity contribution < 1.29 is 0 Å². The molecule has 19 heavy (non-hydrogen) atoms. The number of anilines is 1. The Morgan fingerprint density at radius 3 is 2.42 bits per heavy atom. The minimum absolute atomic E-state index is 0.900. The van der Waals surface area contributed by atoms with Gasteiger partial charge in [-0.25, -0.2) is 0 Å². The SMILES string of the molecule is CCCCCCCCCN1Cc2ccc(N)cc2C1. The molecule has 0 saturated carbocycles. The minimum Gasteiger partial charge on any atom is -0.399 e. The Hall–Kier alpha value is -1.02. The van der Waals surface area contributed by atoms with Crippen LogP contribution in [0, 0.1) is 0 Å². The molecule has 1 aliphatic heterocycles. The maximum atomic E-state index is 5.84. The fraction of sp³-hybridized carbons (Fsp3) is 0.647. The van der Waals surface area contributed by atoms with E-state index in [9.17, 15) is 0 Å². The summed E-state index contributed by atoms with van der Waals surface area (Å²) in [5.74, 6) is 0. The van der Waals surface area contributed by atoms with Crippen LogP contribution in [0.1, 0.15) is 63.0 Å². The van der Waals surface area contributed by atoms with Crippen molar-refractivity contribution in [1.82, 2.24) is 4.90 Å². The molecule has 0 radical (unpaired) electrons. The summed E-state index contributed by atoms with van der Waals surface area (Å²) in [6.45, 7) is 5.72. The topological polar surface area (TPSA) is 29.3 Å². The van der Waals surface area contributed by atoms with E-state index in [0.717, 1.165) is 18.8 Å². The highest BCUT2D eigenvalue weighted by Crippen LogP contribution is 2.24. The van der Waals surface area contributed by atoms with E-state index in [4.69, 9.17) is 5.73 Å². The van der Waals surface area contributed by atoms with Crippen LogP contribution in [0.2, 0.25) is 0 Å². The van der Waals surface area contributed by atoms with Gasteiger partial charge in [0.25, 0.3) is 0 Å². The number of unbranched alkanes of at least 4 members (excludes halogenated alkanes) is 6. The zero-order chi connectivity index (χ0) is 13.5. The molecule has 1 heterocycles. The van der Waals surface area contributed by atoms with Gasteiger partial charge in [-0.1, -0.05) is 51.5 Å². The summed E-state index contributed by atoms with van der Waals surface area (Å²) in [6.07, 6.45) is 9.73. The summed E-state index contributed by atoms with van der Waals surface area (Å²) < 4.78 is 0. The van der Waals surface area contributed by atoms with Gasteiger partial charge in [-0.15, -0.1) is 0 Å². The van der Waals surface area contributed by atoms with Gasteiger partial charge in [0, 0.05) is 18.8 Å². The molecular formula is C17H28N2. The van der Waals surface area contributed by atoms with E-state index in [-0.39, 0.29) is 0 Å². The summed E-state index contributed by atoms with van der Waals surface area (Å²) >= 11 is 0. The lowest BCUT2D eigenvalue weighted by molar-refractivity contribution is 0.276. The maximum Gasteiger partial charge on any atom is 0.0317 e. The maximum absolute atomic E-state index is 5.84. The third-order valence-corrected chi connectivity index (χ3v) is 4.10. The van der Waals surface area contributed by atoms with E-state index in [1.807, 2.05) is 6.07 Å². The number of hydrogen-bond donors (Lipinski definition) is 1. The van der Waals surface area contributed by atoms with Gasteiger partial charge < -0.3 is 5.73 Å². The number of rotatable bonds is 8. The summed E-state index contributed by atoms with van der Waals surface area (Å²) in [6, 6.07) is 6.35. The quantitative estimate of drug-likeness (QED) is 0.556. The summed E-state index contributed by atoms with van der Waals surface area (Å²) in [7, 11) is 0. The van der Waals surface area contributed by atoms with E-state index < -0.39 is 0 Å². The molecule has 1 aromatic rings. The van der Waals surface area contributed by atoms with Crippen LogP contribution in [0.25, 0.3) is 0 Å². The highest BCUT2D eigenvalue weighted by molar-refractivity contribution is 5.46. The molecule has 2 N–H and O–H groups in total. The lowest BCUT2D eigenvalue weighted by atomic mass is 10.1. The molecule has 1 aliphatic rings. The van der Waals surface area contributed by atoms with E-state index in [1.54, 1.807) is 0 Å². The van der Waals surface area contributed by atoms with Crippen molar-refractivity contribution >= 4 is 5.69 Å². The molecule has 0 atom stereocenters. The Labute approximate surface area is 118 Å². The monoisotopic (exact) mass is 260 g/mol. The largest absolute Gasteiger partial charge is 0.399 e. The molecule has 1 aromatic carbocycles. The molecule has 0 aliphatic carbocycles. The second-order valence-corrected chi connectivity index (χ2v) is 5.86. The van der Waals surface area contributed by atoms with Gasteiger partial charge in [0.1, 0.15) is 0 Å². The fourth-order valence-electron chi connectivity index (χ4n) is 2.94. The molecule has 0 saturated heterocycles. The first kappa shape index (κ1) is 14.4. The van der Waals surface area contributed by atoms with Crippen LogP contribution >= 0.6 is 0 Å². The zero-order valence-electron chi connectivity index (χ0n) is 12.3. The van der Waals surface area contributed by atoms with Crippen LogP contribution in [-0.2, 0) is 13.1 Å². The molecule has 2 nitrogen and oxygen atoms in total. The van der Waals surface area contributed by atoms with Gasteiger partial charge in [-0.2, -0.15) is 0 Å². The lowest BCUT2D eigenvalue weighted by Crippen LogP contribution is -2.17. The number of fused-ring (bicyclic) bond motifs is 1. The molecule has 0 bridgehead atoms. The lowest BCUT2D eigenvalue weighted by Gasteiger charge is -2.14. The highest BCUT2D eigenvalue weighted by Gasteiger charge is 2.17. The molecule has 0 fully saturated rings. The first-order valence-corrected chi connectivity index (χ1v) is 7.89. The summed E-state index contributed by atoms with van der Waals surface area (Å²) in [4.78, 5) is 2.55. The number of hydrogen-bond acceptors (Lipinski definition) is 2. The van der Waals surface area contributed by atoms with Gasteiger partial charge in [-0.3, -0.25) is 4.90 Å². The zero-order valence-corrected chi connectivity index (χ0v) is 12.3. The van der Waals surface area contributed by atoms with E-state index in [0.29, 0.717) is 0 Å². The van der Waals surface area contributed by atoms with Crippen molar-refractivity contribution in [3.63, 3.8) is 0 Å². The van der Waals surface area contributed by atoms with Gasteiger partial charge in [0.05, 0.1) is 0 Å². The van der Waals surface area contributed by atoms with Crippen LogP contribution in [0.4, 0.5) is 5.69 Å². The molecular weight excluding hydrogens is 232 g/mol. The Bertz CT molecular complexity index is 387. The van der Waals surface area contributed by atoms with Gasteiger partial charge >= 0.3 is 0 Å². The van der Waals surface area contributed by atoms with Crippen LogP contribution in [-0.4, -0.2) is 11.4 Å². The van der Waals surface area contributed by atoms with Crippen molar-refractivity contribution in [3.05, 3.63) is 29.3 Å². The molecule has 2 rings (SSSR count). The first-order valence-electron chi connectivity index (χ1n) is 7.89. The van der Waals surface area contributed by atoms with Crippen LogP contribution < -0.4 is 5.73 Å². The van der Waals surface area contributed by atoms with E-state index >= 15 is 0 Å². The molecule has 0 unspecified atom stereocenters. The predicted molar refractivity (Wildman–Crippen MR) is 83.0 cm³/mol. The second-order valence-electron chi connectivity index (χ2n) is 5.86. The van der Waals surface area contributed by atoms with Crippen LogP contribution in [0.15, 0.2) is 18.2 Å². The highest BCUT2D eigenvalue weighted by atomic mass is 15.1. The average Bonchev–Trinajstić information content (AvgIpc) is 2.79. The van der Waals surface area contributed by atoms with E-state index in [1.165, 1.54) is 62.6 Å². The summed E-state index contributed by atoms with van der Waals surface area (Å²) in [5.41, 5.74) is 9.64. The standard InChI is InChI=1S/C17H28N2/c1-2-3-4-5-6-7-8-11-19-13-15-9-10-17(18)12-16(15)14-19/h9-10,12H,2-8,11,13-14,18H2,1H3. The summed E-state index contributed by atoms with van der Waals surface area (Å²) in [5, 5.41) is 0. The fourth-order valence-corrected chi connectivity index (χ4v) is 2.94. The van der Waals surface area contributed by atoms with Crippen LogP contribution in [0.5, 0.6) is 0 Å². The Balaban J connectivity index is 1.59. The van der Waals surface area contributed by atoms with Crippen molar-refractivity contribution in [3.8, 4) is 0 Å². The van der Waals surface area contributed by atoms with Gasteiger partial charge in [-0.05, 0) is 36.2 Å². The smallest absolute Gasteiger partial charge is 0.0317 e. The van der Waals surface area contributed by atoms with Crippen molar-refractivity contribution in [2.75, 3.05) is 12.3 Å². The Morgan fingerprint density at radius 1 is 0.947 bits per heavy atom.